The van der Waals surface area contributed by atoms with Crippen LogP contribution in [0, 0.1) is 0 Å². The number of ether oxygens (including phenoxy) is 2. The Balaban J connectivity index is 1.88. The topological polar surface area (TPSA) is 30.5 Å². The highest BCUT2D eigenvalue weighted by atomic mass is 79.9. The molecule has 0 spiro atoms. The minimum atomic E-state index is 0.651. The monoisotopic (exact) mass is 355 g/mol. The quantitative estimate of drug-likeness (QED) is 0.634. The van der Waals surface area contributed by atoms with E-state index in [-0.39, 0.29) is 0 Å². The van der Waals surface area contributed by atoms with Crippen LogP contribution in [-0.4, -0.2) is 25.8 Å². The summed E-state index contributed by atoms with van der Waals surface area (Å²) in [5.41, 5.74) is 1.30. The summed E-state index contributed by atoms with van der Waals surface area (Å²) >= 11 is 3.65. The largest absolute Gasteiger partial charge is 0.490 e. The maximum Gasteiger partial charge on any atom is 0.162 e. The van der Waals surface area contributed by atoms with Crippen LogP contribution in [0.2, 0.25) is 0 Å². The third-order valence-electron chi connectivity index (χ3n) is 3.60. The van der Waals surface area contributed by atoms with Crippen molar-refractivity contribution >= 4 is 15.9 Å². The van der Waals surface area contributed by atoms with Crippen molar-refractivity contribution in [3.63, 3.8) is 0 Å². The Bertz CT molecular complexity index is 447. The number of aryl methyl sites for hydroxylation is 1. The van der Waals surface area contributed by atoms with Crippen molar-refractivity contribution in [1.82, 2.24) is 5.32 Å². The second-order valence-electron chi connectivity index (χ2n) is 5.44. The van der Waals surface area contributed by atoms with Crippen LogP contribution in [0.1, 0.15) is 45.1 Å². The summed E-state index contributed by atoms with van der Waals surface area (Å²) in [6.45, 7) is 6.44. The van der Waals surface area contributed by atoms with Gasteiger partial charge in [0.25, 0.3) is 0 Å². The Morgan fingerprint density at radius 2 is 1.76 bits per heavy atom. The third kappa shape index (κ3) is 5.51. The number of unbranched alkanes of at least 4 members (excludes halogenated alkanes) is 1. The lowest BCUT2D eigenvalue weighted by molar-refractivity contribution is 0.287. The Morgan fingerprint density at radius 1 is 1.10 bits per heavy atom. The van der Waals surface area contributed by atoms with E-state index >= 15 is 0 Å². The molecular weight excluding hydrogens is 330 g/mol. The molecule has 1 fully saturated rings. The second-order valence-corrected chi connectivity index (χ2v) is 6.30. The molecule has 0 heterocycles. The number of halogens is 1. The molecule has 0 aromatic heterocycles. The van der Waals surface area contributed by atoms with Crippen molar-refractivity contribution in [3.8, 4) is 11.5 Å². The zero-order valence-electron chi connectivity index (χ0n) is 13.1. The first-order valence-corrected chi connectivity index (χ1v) is 8.85. The van der Waals surface area contributed by atoms with Gasteiger partial charge in [0.15, 0.2) is 11.5 Å². The second kappa shape index (κ2) is 8.64. The summed E-state index contributed by atoms with van der Waals surface area (Å²) in [5.74, 6) is 1.68. The van der Waals surface area contributed by atoms with E-state index in [1.807, 2.05) is 19.9 Å². The molecule has 0 unspecified atom stereocenters. The molecule has 0 bridgehead atoms. The Kier molecular flexibility index (Phi) is 6.84. The van der Waals surface area contributed by atoms with Crippen molar-refractivity contribution in [3.05, 3.63) is 22.2 Å². The van der Waals surface area contributed by atoms with Gasteiger partial charge in [-0.1, -0.05) is 15.9 Å². The van der Waals surface area contributed by atoms with Crippen LogP contribution in [0.25, 0.3) is 0 Å². The van der Waals surface area contributed by atoms with E-state index in [0.29, 0.717) is 13.2 Å². The van der Waals surface area contributed by atoms with Gasteiger partial charge >= 0.3 is 0 Å². The van der Waals surface area contributed by atoms with Crippen molar-refractivity contribution in [2.24, 2.45) is 0 Å². The number of nitrogens with one attached hydrogen (secondary N) is 1. The molecule has 1 aromatic carbocycles. The average molecular weight is 356 g/mol. The molecule has 1 saturated carbocycles. The first-order valence-electron chi connectivity index (χ1n) is 8.06. The van der Waals surface area contributed by atoms with Gasteiger partial charge in [-0.2, -0.15) is 0 Å². The van der Waals surface area contributed by atoms with Crippen LogP contribution in [0.3, 0.4) is 0 Å². The molecule has 21 heavy (non-hydrogen) atoms. The van der Waals surface area contributed by atoms with E-state index in [1.54, 1.807) is 0 Å². The summed E-state index contributed by atoms with van der Waals surface area (Å²) in [5, 5.41) is 3.56. The van der Waals surface area contributed by atoms with E-state index < -0.39 is 0 Å². The number of hydrogen-bond acceptors (Lipinski definition) is 3. The van der Waals surface area contributed by atoms with E-state index in [1.165, 1.54) is 31.2 Å². The molecule has 118 valence electrons. The first-order chi connectivity index (χ1) is 10.2. The number of benzene rings is 1. The van der Waals surface area contributed by atoms with Gasteiger partial charge in [-0.05, 0) is 70.2 Å². The van der Waals surface area contributed by atoms with E-state index in [2.05, 4.69) is 27.3 Å². The minimum Gasteiger partial charge on any atom is -0.490 e. The van der Waals surface area contributed by atoms with Crippen LogP contribution in [0.15, 0.2) is 16.6 Å². The van der Waals surface area contributed by atoms with Crippen molar-refractivity contribution in [1.29, 1.82) is 0 Å². The molecule has 0 saturated heterocycles. The molecule has 1 aliphatic carbocycles. The highest BCUT2D eigenvalue weighted by Gasteiger charge is 2.19. The highest BCUT2D eigenvalue weighted by molar-refractivity contribution is 9.10. The fraction of sp³-hybridized carbons (Fsp3) is 0.647. The van der Waals surface area contributed by atoms with Crippen LogP contribution in [0.4, 0.5) is 0 Å². The molecule has 2 rings (SSSR count). The zero-order valence-corrected chi connectivity index (χ0v) is 14.7. The normalized spacial score (nSPS) is 14.2. The van der Waals surface area contributed by atoms with Crippen LogP contribution in [-0.2, 0) is 6.42 Å². The summed E-state index contributed by atoms with van der Waals surface area (Å²) < 4.78 is 12.4. The van der Waals surface area contributed by atoms with Crippen LogP contribution >= 0.6 is 15.9 Å². The molecule has 4 heteroatoms. The van der Waals surface area contributed by atoms with Crippen LogP contribution < -0.4 is 14.8 Å². The van der Waals surface area contributed by atoms with Crippen molar-refractivity contribution in [2.75, 3.05) is 19.8 Å². The molecule has 3 nitrogen and oxygen atoms in total. The molecular formula is C17H26BrNO2. The average Bonchev–Trinajstić information content (AvgIpc) is 3.27. The summed E-state index contributed by atoms with van der Waals surface area (Å²) in [4.78, 5) is 0. The Hall–Kier alpha value is -0.740. The highest BCUT2D eigenvalue weighted by Crippen LogP contribution is 2.34. The molecule has 0 amide bonds. The van der Waals surface area contributed by atoms with E-state index in [9.17, 15) is 0 Å². The SMILES string of the molecule is CCOc1cc(Br)c(CCCCNC2CC2)cc1OCC. The maximum atomic E-state index is 5.69. The summed E-state index contributed by atoms with van der Waals surface area (Å²) in [6.07, 6.45) is 6.21. The van der Waals surface area contributed by atoms with Gasteiger partial charge < -0.3 is 14.8 Å². The lowest BCUT2D eigenvalue weighted by Gasteiger charge is -2.14. The number of hydrogen-bond donors (Lipinski definition) is 1. The molecule has 1 aromatic rings. The van der Waals surface area contributed by atoms with E-state index in [0.717, 1.165) is 35.0 Å². The Morgan fingerprint density at radius 3 is 2.38 bits per heavy atom. The van der Waals surface area contributed by atoms with Crippen molar-refractivity contribution in [2.45, 2.75) is 52.0 Å². The molecule has 0 radical (unpaired) electrons. The van der Waals surface area contributed by atoms with Gasteiger partial charge in [0.2, 0.25) is 0 Å². The first kappa shape index (κ1) is 16.6. The van der Waals surface area contributed by atoms with Gasteiger partial charge in [-0.15, -0.1) is 0 Å². The smallest absolute Gasteiger partial charge is 0.162 e. The van der Waals surface area contributed by atoms with Crippen LogP contribution in [0.5, 0.6) is 11.5 Å². The van der Waals surface area contributed by atoms with Gasteiger partial charge in [0.05, 0.1) is 13.2 Å². The summed E-state index contributed by atoms with van der Waals surface area (Å²) in [6, 6.07) is 4.96. The minimum absolute atomic E-state index is 0.651. The third-order valence-corrected chi connectivity index (χ3v) is 4.33. The summed E-state index contributed by atoms with van der Waals surface area (Å²) in [7, 11) is 0. The van der Waals surface area contributed by atoms with E-state index in [4.69, 9.17) is 9.47 Å². The molecule has 1 N–H and O–H groups in total. The number of rotatable bonds is 10. The van der Waals surface area contributed by atoms with Gasteiger partial charge in [-0.25, -0.2) is 0 Å². The van der Waals surface area contributed by atoms with Gasteiger partial charge in [0.1, 0.15) is 0 Å². The van der Waals surface area contributed by atoms with Gasteiger partial charge in [-0.3, -0.25) is 0 Å². The lowest BCUT2D eigenvalue weighted by atomic mass is 10.1. The van der Waals surface area contributed by atoms with Gasteiger partial charge in [0, 0.05) is 10.5 Å². The fourth-order valence-corrected chi connectivity index (χ4v) is 2.86. The Labute approximate surface area is 136 Å². The fourth-order valence-electron chi connectivity index (χ4n) is 2.34. The predicted octanol–water partition coefficient (Wildman–Crippen LogP) is 4.32. The predicted molar refractivity (Wildman–Crippen MR) is 90.4 cm³/mol. The van der Waals surface area contributed by atoms with Crippen molar-refractivity contribution < 1.29 is 9.47 Å². The molecule has 1 aliphatic rings. The molecule has 0 atom stereocenters. The zero-order chi connectivity index (χ0) is 15.1. The lowest BCUT2D eigenvalue weighted by Crippen LogP contribution is -2.17. The standard InChI is InChI=1S/C17H26BrNO2/c1-3-20-16-11-13(15(18)12-17(16)21-4-2)7-5-6-10-19-14-8-9-14/h11-12,14,19H,3-10H2,1-2H3. The maximum absolute atomic E-state index is 5.69. The molecule has 0 aliphatic heterocycles.